The van der Waals surface area contributed by atoms with Gasteiger partial charge in [0.2, 0.25) is 0 Å². The minimum Gasteiger partial charge on any atom is -0.315 e. The van der Waals surface area contributed by atoms with E-state index in [1.807, 2.05) is 7.05 Å². The van der Waals surface area contributed by atoms with Gasteiger partial charge in [0.25, 0.3) is 0 Å². The van der Waals surface area contributed by atoms with Crippen molar-refractivity contribution in [3.8, 4) is 0 Å². The first-order valence-electron chi connectivity index (χ1n) is 5.49. The normalized spacial score (nSPS) is 15.7. The van der Waals surface area contributed by atoms with Crippen molar-refractivity contribution in [1.29, 1.82) is 0 Å². The molecule has 0 saturated carbocycles. The van der Waals surface area contributed by atoms with Crippen LogP contribution in [0.2, 0.25) is 0 Å². The zero-order chi connectivity index (χ0) is 12.3. The molecule has 0 saturated heterocycles. The van der Waals surface area contributed by atoms with E-state index in [-0.39, 0.29) is 6.04 Å². The van der Waals surface area contributed by atoms with Gasteiger partial charge in [-0.2, -0.15) is 0 Å². The lowest BCUT2D eigenvalue weighted by Gasteiger charge is -2.33. The molecule has 0 bridgehead atoms. The van der Waals surface area contributed by atoms with E-state index in [1.165, 1.54) is 6.26 Å². The Hall–Kier alpha value is -0.0900. The first-order chi connectivity index (χ1) is 6.63. The first-order valence-corrected chi connectivity index (χ1v) is 7.39. The van der Waals surface area contributed by atoms with E-state index in [0.717, 1.165) is 12.8 Å². The fraction of sp³-hybridized carbons (Fsp3) is 1.00. The SMILES string of the molecule is CNC(CCC(C)C)C(C)(C)S(C)(=O)=O. The van der Waals surface area contributed by atoms with Crippen LogP contribution >= 0.6 is 0 Å². The second kappa shape index (κ2) is 5.30. The molecule has 0 heterocycles. The molecule has 0 rings (SSSR count). The summed E-state index contributed by atoms with van der Waals surface area (Å²) < 4.78 is 22.6. The van der Waals surface area contributed by atoms with Crippen molar-refractivity contribution in [2.75, 3.05) is 13.3 Å². The predicted molar refractivity (Wildman–Crippen MR) is 65.8 cm³/mol. The van der Waals surface area contributed by atoms with Gasteiger partial charge in [0.05, 0.1) is 4.75 Å². The van der Waals surface area contributed by atoms with Gasteiger partial charge >= 0.3 is 0 Å². The summed E-state index contributed by atoms with van der Waals surface area (Å²) in [6, 6.07) is 0.0231. The van der Waals surface area contributed by atoms with Crippen LogP contribution in [0.25, 0.3) is 0 Å². The van der Waals surface area contributed by atoms with Crippen LogP contribution in [0.5, 0.6) is 0 Å². The molecular formula is C11H25NO2S. The average Bonchev–Trinajstić information content (AvgIpc) is 2.02. The highest BCUT2D eigenvalue weighted by Gasteiger charge is 2.37. The zero-order valence-corrected chi connectivity index (χ0v) is 11.6. The predicted octanol–water partition coefficient (Wildman–Crippen LogP) is 1.83. The third kappa shape index (κ3) is 4.11. The smallest absolute Gasteiger partial charge is 0.154 e. The highest BCUT2D eigenvalue weighted by atomic mass is 32.2. The maximum Gasteiger partial charge on any atom is 0.154 e. The summed E-state index contributed by atoms with van der Waals surface area (Å²) in [5.41, 5.74) is 0. The van der Waals surface area contributed by atoms with Crippen LogP contribution in [0.3, 0.4) is 0 Å². The Morgan fingerprint density at radius 1 is 1.20 bits per heavy atom. The monoisotopic (exact) mass is 235 g/mol. The van der Waals surface area contributed by atoms with Crippen LogP contribution in [0, 0.1) is 5.92 Å². The Bertz CT molecular complexity index is 281. The summed E-state index contributed by atoms with van der Waals surface area (Å²) in [6.07, 6.45) is 3.26. The quantitative estimate of drug-likeness (QED) is 0.764. The second-order valence-corrected chi connectivity index (χ2v) is 7.78. The highest BCUT2D eigenvalue weighted by molar-refractivity contribution is 7.92. The average molecular weight is 235 g/mol. The van der Waals surface area contributed by atoms with E-state index in [9.17, 15) is 8.42 Å². The van der Waals surface area contributed by atoms with Gasteiger partial charge in [-0.25, -0.2) is 8.42 Å². The Morgan fingerprint density at radius 2 is 1.67 bits per heavy atom. The summed E-state index contributed by atoms with van der Waals surface area (Å²) in [6.45, 7) is 7.90. The second-order valence-electron chi connectivity index (χ2n) is 5.19. The third-order valence-corrected chi connectivity index (χ3v) is 5.37. The van der Waals surface area contributed by atoms with Crippen molar-refractivity contribution in [2.45, 2.75) is 51.3 Å². The van der Waals surface area contributed by atoms with Crippen LogP contribution in [0.15, 0.2) is 0 Å². The fourth-order valence-corrected chi connectivity index (χ4v) is 2.35. The molecule has 0 aliphatic rings. The van der Waals surface area contributed by atoms with Crippen LogP contribution in [-0.4, -0.2) is 32.5 Å². The maximum absolute atomic E-state index is 11.7. The standard InChI is InChI=1S/C11H25NO2S/c1-9(2)7-8-10(12-5)11(3,4)15(6,13)14/h9-10,12H,7-8H2,1-6H3. The number of hydrogen-bond donors (Lipinski definition) is 1. The lowest BCUT2D eigenvalue weighted by molar-refractivity contribution is 0.380. The molecule has 0 aromatic heterocycles. The molecule has 0 amide bonds. The van der Waals surface area contributed by atoms with Crippen molar-refractivity contribution in [3.05, 3.63) is 0 Å². The van der Waals surface area contributed by atoms with Crippen molar-refractivity contribution < 1.29 is 8.42 Å². The summed E-state index contributed by atoms with van der Waals surface area (Å²) in [5.74, 6) is 0.608. The molecule has 0 spiro atoms. The molecule has 92 valence electrons. The molecule has 0 aromatic rings. The Labute approximate surface area is 94.6 Å². The van der Waals surface area contributed by atoms with E-state index in [1.54, 1.807) is 13.8 Å². The van der Waals surface area contributed by atoms with Gasteiger partial charge in [0.1, 0.15) is 0 Å². The molecule has 1 atom stereocenters. The molecule has 0 aromatic carbocycles. The number of hydrogen-bond acceptors (Lipinski definition) is 3. The van der Waals surface area contributed by atoms with Gasteiger partial charge in [-0.1, -0.05) is 13.8 Å². The molecule has 4 heteroatoms. The van der Waals surface area contributed by atoms with Gasteiger partial charge in [-0.3, -0.25) is 0 Å². The summed E-state index contributed by atoms with van der Waals surface area (Å²) in [7, 11) is -1.19. The van der Waals surface area contributed by atoms with E-state index in [2.05, 4.69) is 19.2 Å². The van der Waals surface area contributed by atoms with Crippen LogP contribution < -0.4 is 5.32 Å². The fourth-order valence-electron chi connectivity index (χ4n) is 1.60. The topological polar surface area (TPSA) is 46.2 Å². The Kier molecular flexibility index (Phi) is 5.27. The largest absolute Gasteiger partial charge is 0.315 e. The molecule has 3 nitrogen and oxygen atoms in total. The van der Waals surface area contributed by atoms with Crippen LogP contribution in [0.4, 0.5) is 0 Å². The van der Waals surface area contributed by atoms with Crippen LogP contribution in [-0.2, 0) is 9.84 Å². The Balaban J connectivity index is 4.67. The molecule has 0 aliphatic carbocycles. The van der Waals surface area contributed by atoms with Gasteiger partial charge in [-0.05, 0) is 39.7 Å². The molecule has 1 N–H and O–H groups in total. The molecule has 1 unspecified atom stereocenters. The number of rotatable bonds is 6. The van der Waals surface area contributed by atoms with E-state index < -0.39 is 14.6 Å². The molecule has 15 heavy (non-hydrogen) atoms. The number of sulfone groups is 1. The molecule has 0 radical (unpaired) electrons. The van der Waals surface area contributed by atoms with Crippen LogP contribution in [0.1, 0.15) is 40.5 Å². The Morgan fingerprint density at radius 3 is 1.93 bits per heavy atom. The third-order valence-electron chi connectivity index (χ3n) is 3.18. The van der Waals surface area contributed by atoms with Gasteiger partial charge in [-0.15, -0.1) is 0 Å². The minimum atomic E-state index is -3.02. The summed E-state index contributed by atoms with van der Waals surface area (Å²) in [5, 5.41) is 3.13. The molecule has 0 fully saturated rings. The van der Waals surface area contributed by atoms with E-state index in [4.69, 9.17) is 0 Å². The van der Waals surface area contributed by atoms with Gasteiger partial charge < -0.3 is 5.32 Å². The first kappa shape index (κ1) is 14.9. The summed E-state index contributed by atoms with van der Waals surface area (Å²) >= 11 is 0. The van der Waals surface area contributed by atoms with Crippen molar-refractivity contribution >= 4 is 9.84 Å². The maximum atomic E-state index is 11.7. The van der Waals surface area contributed by atoms with E-state index in [0.29, 0.717) is 5.92 Å². The number of nitrogens with one attached hydrogen (secondary N) is 1. The lowest BCUT2D eigenvalue weighted by Crippen LogP contribution is -2.50. The zero-order valence-electron chi connectivity index (χ0n) is 10.8. The van der Waals surface area contributed by atoms with Gasteiger partial charge in [0, 0.05) is 12.3 Å². The highest BCUT2D eigenvalue weighted by Crippen LogP contribution is 2.24. The van der Waals surface area contributed by atoms with Crippen molar-refractivity contribution in [2.24, 2.45) is 5.92 Å². The van der Waals surface area contributed by atoms with E-state index >= 15 is 0 Å². The van der Waals surface area contributed by atoms with Gasteiger partial charge in [0.15, 0.2) is 9.84 Å². The van der Waals surface area contributed by atoms with Crippen molar-refractivity contribution in [1.82, 2.24) is 5.32 Å². The summed E-state index contributed by atoms with van der Waals surface area (Å²) in [4.78, 5) is 0. The minimum absolute atomic E-state index is 0.0231. The van der Waals surface area contributed by atoms with Crippen molar-refractivity contribution in [3.63, 3.8) is 0 Å². The molecular weight excluding hydrogens is 210 g/mol. The lowest BCUT2D eigenvalue weighted by atomic mass is 9.95. The molecule has 0 aliphatic heterocycles.